The molecule has 0 fully saturated rings. The summed E-state index contributed by atoms with van der Waals surface area (Å²) in [5.41, 5.74) is 8.88. The van der Waals surface area contributed by atoms with Crippen LogP contribution in [-0.4, -0.2) is 12.1 Å². The Morgan fingerprint density at radius 2 is 1.43 bits per heavy atom. The van der Waals surface area contributed by atoms with Crippen molar-refractivity contribution in [2.45, 2.75) is 0 Å². The Morgan fingerprint density at radius 3 is 1.43 bits per heavy atom. The third-order valence-electron chi connectivity index (χ3n) is 0.246. The molecule has 0 aromatic carbocycles. The molecule has 0 unspecified atom stereocenters. The molecule has 5 nitrogen and oxygen atoms in total. The Morgan fingerprint density at radius 1 is 1.14 bits per heavy atom. The Balaban J connectivity index is 3.32. The highest BCUT2D eigenvalue weighted by atomic mass is 16.2. The minimum Gasteiger partial charge on any atom is -0.351 e. The SMILES string of the molecule is NC(=O)NC(N)=O. The van der Waals surface area contributed by atoms with Crippen LogP contribution in [0, 0.1) is 0 Å². The molecule has 0 heterocycles. The minimum atomic E-state index is -0.938. The Kier molecular flexibility index (Phi) is 1.65. The van der Waals surface area contributed by atoms with Crippen molar-refractivity contribution >= 4 is 12.1 Å². The summed E-state index contributed by atoms with van der Waals surface area (Å²) in [6, 6.07) is -1.88. The summed E-state index contributed by atoms with van der Waals surface area (Å²) in [5.74, 6) is 0. The molecule has 5 N–H and O–H groups in total. The molecule has 0 spiro atoms. The summed E-state index contributed by atoms with van der Waals surface area (Å²) in [7, 11) is 0. The largest absolute Gasteiger partial charge is 0.351 e. The van der Waals surface area contributed by atoms with Gasteiger partial charge in [0.25, 0.3) is 0 Å². The third-order valence-corrected chi connectivity index (χ3v) is 0.246. The molecule has 0 aliphatic heterocycles. The van der Waals surface area contributed by atoms with Gasteiger partial charge in [0.05, 0.1) is 0 Å². The summed E-state index contributed by atoms with van der Waals surface area (Å²) < 4.78 is 0. The van der Waals surface area contributed by atoms with Gasteiger partial charge < -0.3 is 11.5 Å². The number of hydrogen-bond acceptors (Lipinski definition) is 2. The number of carbonyl (C=O) groups excluding carboxylic acids is 2. The van der Waals surface area contributed by atoms with E-state index in [1.807, 2.05) is 0 Å². The molecular weight excluding hydrogens is 98.0 g/mol. The molecule has 0 saturated carbocycles. The third kappa shape index (κ3) is 4.74. The lowest BCUT2D eigenvalue weighted by Gasteiger charge is -1.88. The topological polar surface area (TPSA) is 98.2 Å². The summed E-state index contributed by atoms with van der Waals surface area (Å²) in [5, 5.41) is 1.58. The van der Waals surface area contributed by atoms with Crippen LogP contribution in [0.15, 0.2) is 0 Å². The predicted molar refractivity (Wildman–Crippen MR) is 22.3 cm³/mol. The number of hydrogen-bond donors (Lipinski definition) is 3. The number of nitrogens with one attached hydrogen (secondary N) is 1. The number of primary amides is 2. The van der Waals surface area contributed by atoms with E-state index in [1.54, 1.807) is 5.32 Å². The number of urea groups is 2. The maximum atomic E-state index is 9.62. The molecule has 0 bridgehead atoms. The predicted octanol–water partition coefficient (Wildman–Crippen LogP) is -1.27. The highest BCUT2D eigenvalue weighted by molar-refractivity contribution is 5.91. The first kappa shape index (κ1) is 5.74. The first-order chi connectivity index (χ1) is 3.13. The van der Waals surface area contributed by atoms with Gasteiger partial charge >= 0.3 is 12.1 Å². The van der Waals surface area contributed by atoms with Crippen molar-refractivity contribution in [1.29, 1.82) is 0 Å². The van der Waals surface area contributed by atoms with Gasteiger partial charge in [-0.15, -0.1) is 0 Å². The van der Waals surface area contributed by atoms with Gasteiger partial charge in [0.1, 0.15) is 0 Å². The highest BCUT2D eigenvalue weighted by Gasteiger charge is 1.92. The zero-order valence-corrected chi connectivity index (χ0v) is 3.47. The molecule has 4 amide bonds. The smallest absolute Gasteiger partial charge is 0.320 e. The molecular formula is C2H5N3O2. The molecule has 7 heavy (non-hydrogen) atoms. The second kappa shape index (κ2) is 2.01. The van der Waals surface area contributed by atoms with E-state index in [4.69, 9.17) is 0 Å². The molecule has 0 atom stereocenters. The number of carbonyl (C=O) groups is 2. The molecule has 5 heteroatoms. The Bertz CT molecular complexity index is 87.1. The summed E-state index contributed by atoms with van der Waals surface area (Å²) in [6.45, 7) is 0. The lowest BCUT2D eigenvalue weighted by Crippen LogP contribution is -2.38. The first-order valence-corrected chi connectivity index (χ1v) is 1.49. The van der Waals surface area contributed by atoms with Gasteiger partial charge in [0.2, 0.25) is 0 Å². The molecule has 0 aliphatic rings. The quantitative estimate of drug-likeness (QED) is 0.356. The molecule has 0 radical (unpaired) electrons. The molecule has 0 aliphatic carbocycles. The van der Waals surface area contributed by atoms with Gasteiger partial charge in [-0.05, 0) is 0 Å². The van der Waals surface area contributed by atoms with Gasteiger partial charge in [-0.3, -0.25) is 5.32 Å². The lowest BCUT2D eigenvalue weighted by molar-refractivity contribution is 0.236. The lowest BCUT2D eigenvalue weighted by atomic mass is 10.9. The van der Waals surface area contributed by atoms with Crippen molar-refractivity contribution < 1.29 is 9.59 Å². The van der Waals surface area contributed by atoms with Gasteiger partial charge in [-0.25, -0.2) is 9.59 Å². The highest BCUT2D eigenvalue weighted by Crippen LogP contribution is 1.51. The van der Waals surface area contributed by atoms with E-state index >= 15 is 0 Å². The Labute approximate surface area is 39.7 Å². The summed E-state index contributed by atoms with van der Waals surface area (Å²) >= 11 is 0. The zero-order valence-electron chi connectivity index (χ0n) is 3.47. The van der Waals surface area contributed by atoms with Crippen LogP contribution in [0.1, 0.15) is 0 Å². The standard InChI is InChI=1S/C2H5N3O2/c3-1(6)5-2(4)7/h(H5,3,4,5,6,7). The van der Waals surface area contributed by atoms with Gasteiger partial charge in [-0.1, -0.05) is 0 Å². The average Bonchev–Trinajstić information content (AvgIpc) is 1.27. The number of amides is 4. The van der Waals surface area contributed by atoms with Crippen molar-refractivity contribution in [3.8, 4) is 0 Å². The fourth-order valence-corrected chi connectivity index (χ4v) is 0.121. The van der Waals surface area contributed by atoms with E-state index in [-0.39, 0.29) is 0 Å². The van der Waals surface area contributed by atoms with Crippen LogP contribution >= 0.6 is 0 Å². The molecule has 0 aromatic heterocycles. The van der Waals surface area contributed by atoms with Gasteiger partial charge in [0.15, 0.2) is 0 Å². The average molecular weight is 103 g/mol. The second-order valence-electron chi connectivity index (χ2n) is 0.854. The van der Waals surface area contributed by atoms with Crippen molar-refractivity contribution in [1.82, 2.24) is 5.32 Å². The van der Waals surface area contributed by atoms with Gasteiger partial charge in [0, 0.05) is 0 Å². The normalized spacial score (nSPS) is 7.43. The fraction of sp³-hybridized carbons (Fsp3) is 0. The van der Waals surface area contributed by atoms with Crippen LogP contribution in [0.2, 0.25) is 0 Å². The number of rotatable bonds is 0. The van der Waals surface area contributed by atoms with E-state index in [2.05, 4.69) is 11.5 Å². The van der Waals surface area contributed by atoms with E-state index in [0.717, 1.165) is 0 Å². The van der Waals surface area contributed by atoms with E-state index < -0.39 is 12.1 Å². The number of nitrogens with two attached hydrogens (primary N) is 2. The van der Waals surface area contributed by atoms with Crippen LogP contribution in [0.3, 0.4) is 0 Å². The van der Waals surface area contributed by atoms with Crippen LogP contribution in [0.25, 0.3) is 0 Å². The zero-order chi connectivity index (χ0) is 5.86. The van der Waals surface area contributed by atoms with Crippen molar-refractivity contribution in [2.75, 3.05) is 0 Å². The summed E-state index contributed by atoms with van der Waals surface area (Å²) in [6.07, 6.45) is 0. The van der Waals surface area contributed by atoms with Crippen LogP contribution in [0.5, 0.6) is 0 Å². The molecule has 0 saturated heterocycles. The maximum Gasteiger partial charge on any atom is 0.320 e. The van der Waals surface area contributed by atoms with E-state index in [0.29, 0.717) is 0 Å². The van der Waals surface area contributed by atoms with Crippen molar-refractivity contribution in [2.24, 2.45) is 11.5 Å². The Hall–Kier alpha value is -1.26. The molecule has 0 aromatic rings. The monoisotopic (exact) mass is 103 g/mol. The van der Waals surface area contributed by atoms with Gasteiger partial charge in [-0.2, -0.15) is 0 Å². The van der Waals surface area contributed by atoms with E-state index in [1.165, 1.54) is 0 Å². The van der Waals surface area contributed by atoms with E-state index in [9.17, 15) is 9.59 Å². The van der Waals surface area contributed by atoms with Crippen LogP contribution in [-0.2, 0) is 0 Å². The first-order valence-electron chi connectivity index (χ1n) is 1.49. The second-order valence-corrected chi connectivity index (χ2v) is 0.854. The van der Waals surface area contributed by atoms with Crippen LogP contribution < -0.4 is 16.8 Å². The molecule has 0 rings (SSSR count). The molecule has 40 valence electrons. The fourth-order valence-electron chi connectivity index (χ4n) is 0.121. The van der Waals surface area contributed by atoms with Crippen LogP contribution in [0.4, 0.5) is 9.59 Å². The summed E-state index contributed by atoms with van der Waals surface area (Å²) in [4.78, 5) is 19.2. The minimum absolute atomic E-state index is 0.937. The van der Waals surface area contributed by atoms with Crippen molar-refractivity contribution in [3.63, 3.8) is 0 Å². The van der Waals surface area contributed by atoms with Crippen molar-refractivity contribution in [3.05, 3.63) is 0 Å². The maximum absolute atomic E-state index is 9.62. The number of imide groups is 1.